The van der Waals surface area contributed by atoms with Crippen molar-refractivity contribution in [2.24, 2.45) is 0 Å². The zero-order chi connectivity index (χ0) is 21.6. The van der Waals surface area contributed by atoms with E-state index < -0.39 is 12.8 Å². The van der Waals surface area contributed by atoms with E-state index >= 15 is 0 Å². The first-order valence-electron chi connectivity index (χ1n) is 9.03. The molecule has 0 aliphatic carbocycles. The molecule has 2 aromatic rings. The smallest absolute Gasteiger partial charge is 0.367 e. The molecule has 9 heteroatoms. The molecule has 0 spiro atoms. The maximum absolute atomic E-state index is 12.7. The Morgan fingerprint density at radius 1 is 1.17 bits per heavy atom. The van der Waals surface area contributed by atoms with Crippen LogP contribution in [-0.2, 0) is 17.9 Å². The van der Waals surface area contributed by atoms with Crippen LogP contribution in [0.1, 0.15) is 52.8 Å². The molecule has 0 radical (unpaired) electrons. The van der Waals surface area contributed by atoms with Crippen LogP contribution in [0.25, 0.3) is 0 Å². The fourth-order valence-corrected chi connectivity index (χ4v) is 3.17. The number of ether oxygens (including phenoxy) is 1. The lowest BCUT2D eigenvalue weighted by Gasteiger charge is -2.14. The summed E-state index contributed by atoms with van der Waals surface area (Å²) in [7, 11) is 0. The summed E-state index contributed by atoms with van der Waals surface area (Å²) in [6.07, 6.45) is -2.47. The van der Waals surface area contributed by atoms with E-state index in [1.807, 2.05) is 20.1 Å². The van der Waals surface area contributed by atoms with Crippen LogP contribution in [0.2, 0.25) is 0 Å². The van der Waals surface area contributed by atoms with Crippen LogP contribution in [0.3, 0.4) is 0 Å². The molecule has 0 saturated heterocycles. The van der Waals surface area contributed by atoms with Crippen molar-refractivity contribution in [3.63, 3.8) is 0 Å². The highest BCUT2D eigenvalue weighted by Gasteiger charge is 2.27. The summed E-state index contributed by atoms with van der Waals surface area (Å²) in [6.45, 7) is 4.66. The lowest BCUT2D eigenvalue weighted by molar-refractivity contribution is -0.176. The standard InChI is InChI=1S/C20H24F3N3O2S/c1-12(2)17-25-13(3)16(19(26-17)29-4)18(27)24-9-14-5-7-15(8-6-14)10-28-11-20(21,22)23/h5-8,12H,9-11H2,1-4H3,(H,24,27). The molecule has 0 aliphatic heterocycles. The molecule has 1 heterocycles. The van der Waals surface area contributed by atoms with E-state index in [9.17, 15) is 18.0 Å². The highest BCUT2D eigenvalue weighted by molar-refractivity contribution is 7.98. The predicted octanol–water partition coefficient (Wildman–Crippen LogP) is 4.64. The second-order valence-electron chi connectivity index (χ2n) is 6.81. The van der Waals surface area contributed by atoms with E-state index in [1.54, 1.807) is 31.2 Å². The first-order chi connectivity index (χ1) is 13.6. The molecule has 0 saturated carbocycles. The van der Waals surface area contributed by atoms with E-state index in [1.165, 1.54) is 11.8 Å². The lowest BCUT2D eigenvalue weighted by Crippen LogP contribution is -2.25. The molecule has 5 nitrogen and oxygen atoms in total. The highest BCUT2D eigenvalue weighted by Crippen LogP contribution is 2.23. The van der Waals surface area contributed by atoms with Gasteiger partial charge in [0.15, 0.2) is 0 Å². The van der Waals surface area contributed by atoms with Gasteiger partial charge in [-0.05, 0) is 24.3 Å². The van der Waals surface area contributed by atoms with Crippen molar-refractivity contribution in [3.05, 3.63) is 52.5 Å². The fourth-order valence-electron chi connectivity index (χ4n) is 2.54. The predicted molar refractivity (Wildman–Crippen MR) is 106 cm³/mol. The summed E-state index contributed by atoms with van der Waals surface area (Å²) in [5.74, 6) is 0.599. The van der Waals surface area contributed by atoms with E-state index in [2.05, 4.69) is 20.0 Å². The average molecular weight is 427 g/mol. The molecular weight excluding hydrogens is 403 g/mol. The van der Waals surface area contributed by atoms with E-state index in [4.69, 9.17) is 0 Å². The van der Waals surface area contributed by atoms with Gasteiger partial charge in [-0.15, -0.1) is 11.8 Å². The maximum atomic E-state index is 12.7. The van der Waals surface area contributed by atoms with Gasteiger partial charge in [-0.3, -0.25) is 4.79 Å². The number of carbonyl (C=O) groups excluding carboxylic acids is 1. The number of alkyl halides is 3. The Hall–Kier alpha value is -2.13. The molecule has 1 aromatic carbocycles. The zero-order valence-electron chi connectivity index (χ0n) is 16.8. The number of amides is 1. The van der Waals surface area contributed by atoms with Gasteiger partial charge in [-0.2, -0.15) is 13.2 Å². The Morgan fingerprint density at radius 3 is 2.34 bits per heavy atom. The van der Waals surface area contributed by atoms with Crippen molar-refractivity contribution in [2.45, 2.75) is 51.0 Å². The Balaban J connectivity index is 1.99. The normalized spacial score (nSPS) is 11.7. The van der Waals surface area contributed by atoms with Gasteiger partial charge in [0.25, 0.3) is 5.91 Å². The molecule has 0 unspecified atom stereocenters. The summed E-state index contributed by atoms with van der Waals surface area (Å²) in [5.41, 5.74) is 2.53. The quantitative estimate of drug-likeness (QED) is 0.491. The average Bonchev–Trinajstić information content (AvgIpc) is 2.65. The van der Waals surface area contributed by atoms with Crippen molar-refractivity contribution in [1.29, 1.82) is 0 Å². The first kappa shape index (κ1) is 23.2. The van der Waals surface area contributed by atoms with Gasteiger partial charge < -0.3 is 10.1 Å². The topological polar surface area (TPSA) is 64.1 Å². The minimum absolute atomic E-state index is 0.123. The molecular formula is C20H24F3N3O2S. The molecule has 0 fully saturated rings. The minimum Gasteiger partial charge on any atom is -0.367 e. The number of rotatable bonds is 8. The van der Waals surface area contributed by atoms with Gasteiger partial charge in [0, 0.05) is 12.5 Å². The summed E-state index contributed by atoms with van der Waals surface area (Å²) < 4.78 is 41.0. The number of aryl methyl sites for hydroxylation is 1. The van der Waals surface area contributed by atoms with E-state index in [0.29, 0.717) is 27.7 Å². The number of nitrogens with one attached hydrogen (secondary N) is 1. The summed E-state index contributed by atoms with van der Waals surface area (Å²) in [4.78, 5) is 21.6. The van der Waals surface area contributed by atoms with Crippen LogP contribution in [0, 0.1) is 6.92 Å². The summed E-state index contributed by atoms with van der Waals surface area (Å²) >= 11 is 1.40. The Labute approximate surface area is 172 Å². The minimum atomic E-state index is -4.34. The Morgan fingerprint density at radius 2 is 1.79 bits per heavy atom. The van der Waals surface area contributed by atoms with Gasteiger partial charge in [-0.25, -0.2) is 9.97 Å². The molecule has 29 heavy (non-hydrogen) atoms. The summed E-state index contributed by atoms with van der Waals surface area (Å²) in [6, 6.07) is 6.84. The molecule has 158 valence electrons. The largest absolute Gasteiger partial charge is 0.411 e. The van der Waals surface area contributed by atoms with Crippen LogP contribution >= 0.6 is 11.8 Å². The second-order valence-corrected chi connectivity index (χ2v) is 7.61. The number of aromatic nitrogens is 2. The summed E-state index contributed by atoms with van der Waals surface area (Å²) in [5, 5.41) is 3.48. The molecule has 1 N–H and O–H groups in total. The van der Waals surface area contributed by atoms with Crippen molar-refractivity contribution >= 4 is 17.7 Å². The van der Waals surface area contributed by atoms with E-state index in [0.717, 1.165) is 5.56 Å². The molecule has 2 rings (SSSR count). The monoisotopic (exact) mass is 427 g/mol. The number of benzene rings is 1. The second kappa shape index (κ2) is 10.1. The molecule has 1 amide bonds. The van der Waals surface area contributed by atoms with Crippen LogP contribution in [0.5, 0.6) is 0 Å². The molecule has 0 aliphatic rings. The third-order valence-corrected chi connectivity index (χ3v) is 4.70. The number of thioether (sulfide) groups is 1. The Bertz CT molecular complexity index is 840. The number of halogens is 3. The van der Waals surface area contributed by atoms with Gasteiger partial charge >= 0.3 is 6.18 Å². The van der Waals surface area contributed by atoms with E-state index in [-0.39, 0.29) is 25.0 Å². The fraction of sp³-hybridized carbons (Fsp3) is 0.450. The third-order valence-electron chi connectivity index (χ3n) is 4.02. The zero-order valence-corrected chi connectivity index (χ0v) is 17.6. The van der Waals surface area contributed by atoms with Crippen molar-refractivity contribution in [2.75, 3.05) is 12.9 Å². The van der Waals surface area contributed by atoms with Gasteiger partial charge in [-0.1, -0.05) is 38.1 Å². The lowest BCUT2D eigenvalue weighted by atomic mass is 10.1. The van der Waals surface area contributed by atoms with Crippen LogP contribution < -0.4 is 5.32 Å². The van der Waals surface area contributed by atoms with Crippen LogP contribution in [0.4, 0.5) is 13.2 Å². The SMILES string of the molecule is CSc1nc(C(C)C)nc(C)c1C(=O)NCc1ccc(COCC(F)(F)F)cc1. The number of hydrogen-bond acceptors (Lipinski definition) is 5. The number of nitrogens with zero attached hydrogens (tertiary/aromatic N) is 2. The van der Waals surface area contributed by atoms with Crippen molar-refractivity contribution in [1.82, 2.24) is 15.3 Å². The van der Waals surface area contributed by atoms with Gasteiger partial charge in [0.1, 0.15) is 17.5 Å². The molecule has 0 atom stereocenters. The van der Waals surface area contributed by atoms with Crippen LogP contribution in [0.15, 0.2) is 29.3 Å². The number of hydrogen-bond donors (Lipinski definition) is 1. The highest BCUT2D eigenvalue weighted by atomic mass is 32.2. The van der Waals surface area contributed by atoms with Gasteiger partial charge in [0.2, 0.25) is 0 Å². The number of carbonyl (C=O) groups is 1. The first-order valence-corrected chi connectivity index (χ1v) is 10.3. The Kier molecular flexibility index (Phi) is 8.04. The molecule has 1 aromatic heterocycles. The van der Waals surface area contributed by atoms with Crippen molar-refractivity contribution < 1.29 is 22.7 Å². The molecule has 0 bridgehead atoms. The maximum Gasteiger partial charge on any atom is 0.411 e. The van der Waals surface area contributed by atoms with Crippen LogP contribution in [-0.4, -0.2) is 34.9 Å². The van der Waals surface area contributed by atoms with Crippen molar-refractivity contribution in [3.8, 4) is 0 Å². The van der Waals surface area contributed by atoms with Gasteiger partial charge in [0.05, 0.1) is 17.9 Å². The third kappa shape index (κ3) is 7.01.